The molecule has 0 radical (unpaired) electrons. The van der Waals surface area contributed by atoms with Crippen molar-refractivity contribution in [3.05, 3.63) is 62.5 Å². The van der Waals surface area contributed by atoms with E-state index < -0.39 is 45.7 Å². The highest BCUT2D eigenvalue weighted by Crippen LogP contribution is 2.62. The first-order valence-corrected chi connectivity index (χ1v) is 9.07. The number of benzene rings is 1. The van der Waals surface area contributed by atoms with E-state index in [1.54, 1.807) is 5.38 Å². The normalized spacial score (nSPS) is 25.4. The van der Waals surface area contributed by atoms with E-state index in [9.17, 15) is 13.6 Å². The van der Waals surface area contributed by atoms with Crippen LogP contribution in [0.3, 0.4) is 0 Å². The lowest BCUT2D eigenvalue weighted by Gasteiger charge is -2.37. The molecular formula is C17H10ClF4N3O2S. The molecule has 146 valence electrons. The highest BCUT2D eigenvalue weighted by Gasteiger charge is 2.72. The summed E-state index contributed by atoms with van der Waals surface area (Å²) in [5.41, 5.74) is -4.60. The highest BCUT2D eigenvalue weighted by molar-refractivity contribution is 7.11. The minimum absolute atomic E-state index is 0.170. The average molecular weight is 432 g/mol. The molecule has 11 heteroatoms. The van der Waals surface area contributed by atoms with E-state index in [0.29, 0.717) is 6.07 Å². The van der Waals surface area contributed by atoms with E-state index in [1.807, 2.05) is 0 Å². The fraction of sp³-hybridized carbons (Fsp3) is 0.235. The molecule has 0 fully saturated rings. The number of ether oxygens (including phenoxy) is 1. The summed E-state index contributed by atoms with van der Waals surface area (Å²) in [6.07, 6.45) is -1.50. The third-order valence-electron chi connectivity index (χ3n) is 4.59. The Hall–Kier alpha value is -2.46. The van der Waals surface area contributed by atoms with Crippen molar-refractivity contribution in [3.63, 3.8) is 0 Å². The van der Waals surface area contributed by atoms with Crippen molar-refractivity contribution in [1.82, 2.24) is 10.3 Å². The van der Waals surface area contributed by atoms with Gasteiger partial charge >= 0.3 is 11.9 Å². The van der Waals surface area contributed by atoms with Crippen molar-refractivity contribution in [2.24, 2.45) is 4.99 Å². The van der Waals surface area contributed by atoms with E-state index in [4.69, 9.17) is 11.6 Å². The number of hydrogen-bond acceptors (Lipinski definition) is 6. The van der Waals surface area contributed by atoms with Crippen LogP contribution in [0.1, 0.15) is 22.3 Å². The molecule has 28 heavy (non-hydrogen) atoms. The maximum absolute atomic E-state index is 15.4. The zero-order chi connectivity index (χ0) is 20.3. The Bertz CT molecular complexity index is 1040. The SMILES string of the molecule is COC(=O)C1=C(Cl)NC(c2nccs2)=NC12c1ccc(F)cc1C(F)C2(F)F. The third-order valence-corrected chi connectivity index (χ3v) is 5.65. The van der Waals surface area contributed by atoms with Crippen LogP contribution in [0.2, 0.25) is 0 Å². The van der Waals surface area contributed by atoms with Crippen LogP contribution in [0.15, 0.2) is 45.5 Å². The first-order valence-electron chi connectivity index (χ1n) is 7.81. The van der Waals surface area contributed by atoms with Gasteiger partial charge in [-0.3, -0.25) is 0 Å². The molecule has 1 aromatic heterocycles. The van der Waals surface area contributed by atoms with Gasteiger partial charge in [-0.15, -0.1) is 11.3 Å². The smallest absolute Gasteiger partial charge is 0.339 e. The van der Waals surface area contributed by atoms with Crippen LogP contribution in [0.5, 0.6) is 0 Å². The summed E-state index contributed by atoms with van der Waals surface area (Å²) in [6.45, 7) is 0. The van der Waals surface area contributed by atoms with Crippen LogP contribution in [0, 0.1) is 5.82 Å². The van der Waals surface area contributed by atoms with Crippen LogP contribution in [-0.2, 0) is 15.1 Å². The summed E-state index contributed by atoms with van der Waals surface area (Å²) in [5, 5.41) is 3.81. The number of nitrogens with one attached hydrogen (secondary N) is 1. The molecule has 0 amide bonds. The zero-order valence-corrected chi connectivity index (χ0v) is 15.5. The van der Waals surface area contributed by atoms with E-state index >= 15 is 8.78 Å². The van der Waals surface area contributed by atoms with Gasteiger partial charge in [0.2, 0.25) is 0 Å². The number of amidine groups is 1. The summed E-state index contributed by atoms with van der Waals surface area (Å²) < 4.78 is 63.8. The molecule has 2 aliphatic rings. The van der Waals surface area contributed by atoms with Crippen LogP contribution < -0.4 is 5.32 Å². The van der Waals surface area contributed by atoms with Gasteiger partial charge in [-0.2, -0.15) is 8.78 Å². The number of carbonyl (C=O) groups is 1. The third kappa shape index (κ3) is 2.34. The zero-order valence-electron chi connectivity index (χ0n) is 14.0. The number of rotatable bonds is 2. The number of thiazole rings is 1. The molecule has 1 aromatic carbocycles. The molecular weight excluding hydrogens is 422 g/mol. The molecule has 1 aliphatic carbocycles. The molecule has 1 spiro atoms. The number of halogens is 5. The van der Waals surface area contributed by atoms with Crippen LogP contribution in [0.4, 0.5) is 17.6 Å². The van der Waals surface area contributed by atoms with Gasteiger partial charge in [0.1, 0.15) is 16.5 Å². The number of carbonyl (C=O) groups excluding carboxylic acids is 1. The van der Waals surface area contributed by atoms with Crippen LogP contribution in [0.25, 0.3) is 0 Å². The van der Waals surface area contributed by atoms with Crippen molar-refractivity contribution >= 4 is 34.7 Å². The molecule has 1 aliphatic heterocycles. The fourth-order valence-corrected chi connectivity index (χ4v) is 4.31. The second-order valence-corrected chi connectivity index (χ2v) is 7.30. The maximum atomic E-state index is 15.4. The van der Waals surface area contributed by atoms with Gasteiger partial charge in [0.15, 0.2) is 22.6 Å². The van der Waals surface area contributed by atoms with Gasteiger partial charge in [-0.05, 0) is 17.7 Å². The number of methoxy groups -OCH3 is 1. The summed E-state index contributed by atoms with van der Waals surface area (Å²) >= 11 is 7.22. The summed E-state index contributed by atoms with van der Waals surface area (Å²) in [7, 11) is 0.971. The standard InChI is InChI=1S/C17H10ClF4N3O2S/c1-27-15(26)10-12(18)24-13(14-23-4-5-28-14)25-16(10)9-3-2-7(19)6-8(9)11(20)17(16,21)22/h2-6,11H,1H3,(H,24,25). The number of alkyl halides is 3. The summed E-state index contributed by atoms with van der Waals surface area (Å²) in [4.78, 5) is 20.4. The molecule has 0 saturated heterocycles. The molecule has 2 atom stereocenters. The van der Waals surface area contributed by atoms with Crippen molar-refractivity contribution in [2.45, 2.75) is 17.6 Å². The largest absolute Gasteiger partial charge is 0.465 e. The Morgan fingerprint density at radius 3 is 2.79 bits per heavy atom. The van der Waals surface area contributed by atoms with Gasteiger partial charge in [0.05, 0.1) is 7.11 Å². The monoisotopic (exact) mass is 431 g/mol. The molecule has 0 bridgehead atoms. The Morgan fingerprint density at radius 2 is 2.14 bits per heavy atom. The van der Waals surface area contributed by atoms with E-state index in [0.717, 1.165) is 30.6 Å². The summed E-state index contributed by atoms with van der Waals surface area (Å²) in [6, 6.07) is 2.52. The lowest BCUT2D eigenvalue weighted by molar-refractivity contribution is -0.143. The lowest BCUT2D eigenvalue weighted by atomic mass is 9.81. The number of nitrogens with zero attached hydrogens (tertiary/aromatic N) is 2. The Kier molecular flexibility index (Phi) is 4.23. The predicted molar refractivity (Wildman–Crippen MR) is 93.6 cm³/mol. The van der Waals surface area contributed by atoms with E-state index in [1.165, 1.54) is 6.20 Å². The number of fused-ring (bicyclic) bond motifs is 2. The van der Waals surface area contributed by atoms with Gasteiger partial charge in [-0.25, -0.2) is 23.6 Å². The van der Waals surface area contributed by atoms with Gasteiger partial charge in [-0.1, -0.05) is 17.7 Å². The van der Waals surface area contributed by atoms with Crippen molar-refractivity contribution in [3.8, 4) is 0 Å². The van der Waals surface area contributed by atoms with Crippen LogP contribution in [-0.4, -0.2) is 29.8 Å². The minimum Gasteiger partial charge on any atom is -0.465 e. The Balaban J connectivity index is 2.09. The first-order chi connectivity index (χ1) is 13.2. The molecule has 1 N–H and O–H groups in total. The van der Waals surface area contributed by atoms with Crippen molar-refractivity contribution < 1.29 is 27.1 Å². The average Bonchev–Trinajstić information content (AvgIpc) is 3.24. The topological polar surface area (TPSA) is 63.6 Å². The molecule has 2 unspecified atom stereocenters. The predicted octanol–water partition coefficient (Wildman–Crippen LogP) is 3.81. The Labute approximate surface area is 164 Å². The quantitative estimate of drug-likeness (QED) is 0.446. The van der Waals surface area contributed by atoms with Crippen LogP contribution >= 0.6 is 22.9 Å². The lowest BCUT2D eigenvalue weighted by Crippen LogP contribution is -2.51. The van der Waals surface area contributed by atoms with E-state index in [2.05, 4.69) is 20.0 Å². The molecule has 2 aromatic rings. The number of hydrogen-bond donors (Lipinski definition) is 1. The maximum Gasteiger partial charge on any atom is 0.339 e. The van der Waals surface area contributed by atoms with Gasteiger partial charge in [0, 0.05) is 17.1 Å². The highest BCUT2D eigenvalue weighted by atomic mass is 35.5. The van der Waals surface area contributed by atoms with Crippen molar-refractivity contribution in [1.29, 1.82) is 0 Å². The molecule has 2 heterocycles. The van der Waals surface area contributed by atoms with Crippen molar-refractivity contribution in [2.75, 3.05) is 7.11 Å². The Morgan fingerprint density at radius 1 is 1.39 bits per heavy atom. The number of aliphatic imine (C=N–C) groups is 1. The van der Waals surface area contributed by atoms with Gasteiger partial charge < -0.3 is 10.1 Å². The molecule has 5 nitrogen and oxygen atoms in total. The van der Waals surface area contributed by atoms with E-state index in [-0.39, 0.29) is 16.4 Å². The first kappa shape index (κ1) is 18.9. The molecule has 4 rings (SSSR count). The fourth-order valence-electron chi connectivity index (χ4n) is 3.42. The summed E-state index contributed by atoms with van der Waals surface area (Å²) in [5.74, 6) is -6.54. The number of esters is 1. The molecule has 0 saturated carbocycles. The minimum atomic E-state index is -4.25. The van der Waals surface area contributed by atoms with Gasteiger partial charge in [0.25, 0.3) is 0 Å². The second kappa shape index (κ2) is 6.28. The second-order valence-electron chi connectivity index (χ2n) is 6.03. The number of aromatic nitrogens is 1.